The largest absolute Gasteiger partial charge is 0.497 e. The summed E-state index contributed by atoms with van der Waals surface area (Å²) in [7, 11) is 3.02. The van der Waals surface area contributed by atoms with E-state index in [9.17, 15) is 9.59 Å². The molecular formula is C25H21Cl2N3O4. The van der Waals surface area contributed by atoms with Crippen molar-refractivity contribution in [3.8, 4) is 11.6 Å². The molecule has 2 aromatic carbocycles. The molecule has 7 nitrogen and oxygen atoms in total. The second-order valence-corrected chi connectivity index (χ2v) is 8.39. The molecule has 0 aliphatic heterocycles. The van der Waals surface area contributed by atoms with E-state index < -0.39 is 11.7 Å². The van der Waals surface area contributed by atoms with Crippen molar-refractivity contribution in [3.05, 3.63) is 81.6 Å². The number of ether oxygens (including phenoxy) is 2. The summed E-state index contributed by atoms with van der Waals surface area (Å²) in [5, 5.41) is 1.45. The minimum Gasteiger partial charge on any atom is -0.497 e. The number of amides is 1. The minimum absolute atomic E-state index is 0.0401. The molecule has 4 aromatic rings. The van der Waals surface area contributed by atoms with Gasteiger partial charge in [0.2, 0.25) is 5.88 Å². The molecule has 0 saturated carbocycles. The number of nitrogens with zero attached hydrogens (tertiary/aromatic N) is 2. The number of fused-ring (bicyclic) bond motifs is 1. The van der Waals surface area contributed by atoms with Crippen molar-refractivity contribution in [2.75, 3.05) is 19.1 Å². The van der Waals surface area contributed by atoms with Gasteiger partial charge in [-0.3, -0.25) is 9.59 Å². The lowest BCUT2D eigenvalue weighted by Crippen LogP contribution is -2.36. The molecule has 2 aromatic heterocycles. The molecule has 174 valence electrons. The monoisotopic (exact) mass is 497 g/mol. The van der Waals surface area contributed by atoms with Crippen LogP contribution < -0.4 is 14.4 Å². The summed E-state index contributed by atoms with van der Waals surface area (Å²) in [6.45, 7) is 1.79. The summed E-state index contributed by atoms with van der Waals surface area (Å²) in [5.74, 6) is -0.515. The Morgan fingerprint density at radius 2 is 1.82 bits per heavy atom. The number of aromatic nitrogens is 2. The molecule has 0 radical (unpaired) electrons. The fourth-order valence-electron chi connectivity index (χ4n) is 3.73. The van der Waals surface area contributed by atoms with Gasteiger partial charge in [0.1, 0.15) is 5.75 Å². The van der Waals surface area contributed by atoms with E-state index in [4.69, 9.17) is 32.7 Å². The van der Waals surface area contributed by atoms with Crippen molar-refractivity contribution < 1.29 is 19.1 Å². The van der Waals surface area contributed by atoms with E-state index in [-0.39, 0.29) is 12.1 Å². The maximum absolute atomic E-state index is 13.7. The molecule has 1 N–H and O–H groups in total. The van der Waals surface area contributed by atoms with E-state index in [1.54, 1.807) is 62.6 Å². The van der Waals surface area contributed by atoms with Crippen molar-refractivity contribution in [3.63, 3.8) is 0 Å². The summed E-state index contributed by atoms with van der Waals surface area (Å²) >= 11 is 12.4. The number of aromatic amines is 1. The molecule has 34 heavy (non-hydrogen) atoms. The predicted octanol–water partition coefficient (Wildman–Crippen LogP) is 5.61. The van der Waals surface area contributed by atoms with Crippen LogP contribution in [0.15, 0.2) is 54.7 Å². The van der Waals surface area contributed by atoms with Crippen LogP contribution in [0.3, 0.4) is 0 Å². The second-order valence-electron chi connectivity index (χ2n) is 7.55. The Labute approximate surface area is 206 Å². The van der Waals surface area contributed by atoms with Gasteiger partial charge in [-0.15, -0.1) is 0 Å². The van der Waals surface area contributed by atoms with E-state index in [1.165, 1.54) is 18.2 Å². The fraction of sp³-hybridized carbons (Fsp3) is 0.160. The van der Waals surface area contributed by atoms with Crippen LogP contribution in [0.4, 0.5) is 5.69 Å². The zero-order valence-electron chi connectivity index (χ0n) is 18.7. The molecule has 0 bridgehead atoms. The molecule has 9 heteroatoms. The number of hydrogen-bond acceptors (Lipinski definition) is 5. The van der Waals surface area contributed by atoms with E-state index >= 15 is 0 Å². The zero-order chi connectivity index (χ0) is 24.4. The van der Waals surface area contributed by atoms with Crippen LogP contribution in [0, 0.1) is 6.92 Å². The highest BCUT2D eigenvalue weighted by Crippen LogP contribution is 2.30. The van der Waals surface area contributed by atoms with Crippen molar-refractivity contribution in [2.45, 2.75) is 13.5 Å². The van der Waals surface area contributed by atoms with E-state index in [0.29, 0.717) is 44.0 Å². The third-order valence-corrected chi connectivity index (χ3v) is 6.03. The number of pyridine rings is 1. The molecular weight excluding hydrogens is 477 g/mol. The molecule has 0 atom stereocenters. The Hall–Kier alpha value is -3.55. The van der Waals surface area contributed by atoms with Gasteiger partial charge < -0.3 is 19.4 Å². The topological polar surface area (TPSA) is 84.5 Å². The van der Waals surface area contributed by atoms with Gasteiger partial charge in [0.25, 0.3) is 11.7 Å². The van der Waals surface area contributed by atoms with Crippen molar-refractivity contribution in [1.29, 1.82) is 0 Å². The number of H-pyrrole nitrogens is 1. The Morgan fingerprint density at radius 1 is 1.03 bits per heavy atom. The van der Waals surface area contributed by atoms with Crippen LogP contribution in [0.5, 0.6) is 11.6 Å². The third-order valence-electron chi connectivity index (χ3n) is 5.44. The number of nitrogens with one attached hydrogen (secondary N) is 1. The smallest absolute Gasteiger partial charge is 0.299 e. The molecule has 0 saturated heterocycles. The summed E-state index contributed by atoms with van der Waals surface area (Å²) < 4.78 is 10.5. The number of ketones is 1. The van der Waals surface area contributed by atoms with Gasteiger partial charge >= 0.3 is 0 Å². The van der Waals surface area contributed by atoms with Crippen LogP contribution in [-0.4, -0.2) is 35.9 Å². The molecule has 4 rings (SSSR count). The molecule has 0 aliphatic carbocycles. The lowest BCUT2D eigenvalue weighted by molar-refractivity contribution is -0.114. The zero-order valence-corrected chi connectivity index (χ0v) is 20.2. The second kappa shape index (κ2) is 9.75. The maximum atomic E-state index is 13.7. The van der Waals surface area contributed by atoms with Crippen LogP contribution in [0.1, 0.15) is 21.6 Å². The first-order valence-electron chi connectivity index (χ1n) is 10.3. The summed E-state index contributed by atoms with van der Waals surface area (Å²) in [4.78, 5) is 35.9. The molecule has 0 fully saturated rings. The number of rotatable bonds is 7. The van der Waals surface area contributed by atoms with Gasteiger partial charge in [0.15, 0.2) is 0 Å². The van der Waals surface area contributed by atoms with Crippen molar-refractivity contribution >= 4 is 51.5 Å². The molecule has 0 aliphatic rings. The number of aryl methyl sites for hydroxylation is 1. The number of benzene rings is 2. The summed E-state index contributed by atoms with van der Waals surface area (Å²) in [5.41, 5.74) is 2.66. The number of anilines is 1. The number of Topliss-reactive ketones (excluding diaryl/α,β-unsaturated/α-hetero) is 1. The predicted molar refractivity (Wildman–Crippen MR) is 132 cm³/mol. The van der Waals surface area contributed by atoms with Crippen LogP contribution in [-0.2, 0) is 11.3 Å². The molecule has 2 heterocycles. The minimum atomic E-state index is -0.730. The molecule has 0 spiro atoms. The van der Waals surface area contributed by atoms with Gasteiger partial charge in [-0.05, 0) is 48.9 Å². The third kappa shape index (κ3) is 4.58. The maximum Gasteiger partial charge on any atom is 0.299 e. The Morgan fingerprint density at radius 3 is 2.53 bits per heavy atom. The lowest BCUT2D eigenvalue weighted by Gasteiger charge is -2.23. The van der Waals surface area contributed by atoms with E-state index in [1.807, 2.05) is 0 Å². The number of carbonyl (C=O) groups excluding carboxylic acids is 2. The highest BCUT2D eigenvalue weighted by Gasteiger charge is 2.29. The number of methoxy groups -OCH3 is 2. The Balaban J connectivity index is 1.79. The fourth-order valence-corrected chi connectivity index (χ4v) is 4.20. The van der Waals surface area contributed by atoms with Gasteiger partial charge in [-0.1, -0.05) is 29.3 Å². The average Bonchev–Trinajstić information content (AvgIpc) is 3.17. The van der Waals surface area contributed by atoms with E-state index in [0.717, 1.165) is 5.52 Å². The van der Waals surface area contributed by atoms with E-state index in [2.05, 4.69) is 9.97 Å². The summed E-state index contributed by atoms with van der Waals surface area (Å²) in [6.07, 6.45) is 1.50. The Bertz CT molecular complexity index is 1400. The Kier molecular flexibility index (Phi) is 6.77. The molecule has 0 unspecified atom stereocenters. The lowest BCUT2D eigenvalue weighted by atomic mass is 10.0. The van der Waals surface area contributed by atoms with Crippen molar-refractivity contribution in [1.82, 2.24) is 9.97 Å². The van der Waals surface area contributed by atoms with Crippen LogP contribution in [0.2, 0.25) is 10.0 Å². The summed E-state index contributed by atoms with van der Waals surface area (Å²) in [6, 6.07) is 13.5. The highest BCUT2D eigenvalue weighted by atomic mass is 35.5. The van der Waals surface area contributed by atoms with Crippen molar-refractivity contribution in [2.24, 2.45) is 0 Å². The average molecular weight is 498 g/mol. The normalized spacial score (nSPS) is 10.9. The van der Waals surface area contributed by atoms with Gasteiger partial charge in [0.05, 0.1) is 32.0 Å². The van der Waals surface area contributed by atoms with Gasteiger partial charge in [0, 0.05) is 38.9 Å². The standard InChI is InChI=1S/C25H21Cl2N3O4/c1-14-23(19-12-18(33-2)6-7-21(19)29-14)24(31)25(32)30(17-8-9-28-22(11-17)34-3)13-15-4-5-16(26)10-20(15)27/h4-12,29H,13H2,1-3H3. The van der Waals surface area contributed by atoms with Gasteiger partial charge in [-0.25, -0.2) is 4.98 Å². The first kappa shape index (κ1) is 23.6. The number of carbonyl (C=O) groups is 2. The van der Waals surface area contributed by atoms with Gasteiger partial charge in [-0.2, -0.15) is 0 Å². The highest BCUT2D eigenvalue weighted by molar-refractivity contribution is 6.49. The molecule has 1 amide bonds. The van der Waals surface area contributed by atoms with Crippen LogP contribution >= 0.6 is 23.2 Å². The quantitative estimate of drug-likeness (QED) is 0.265. The number of hydrogen-bond donors (Lipinski definition) is 1. The van der Waals surface area contributed by atoms with Crippen LogP contribution in [0.25, 0.3) is 10.9 Å². The first-order chi connectivity index (χ1) is 16.3. The first-order valence-corrected chi connectivity index (χ1v) is 11.0. The SMILES string of the molecule is COc1ccc2[nH]c(C)c(C(=O)C(=O)N(Cc3ccc(Cl)cc3Cl)c3ccnc(OC)c3)c2c1. The number of halogens is 2.